The number of hydrogen-bond donors (Lipinski definition) is 3. The average molecular weight is 305 g/mol. The number of hydrogen-bond acceptors (Lipinski definition) is 6. The molecule has 1 amide bonds. The Morgan fingerprint density at radius 3 is 2.68 bits per heavy atom. The van der Waals surface area contributed by atoms with E-state index in [-0.39, 0.29) is 18.0 Å². The number of methoxy groups -OCH3 is 1. The van der Waals surface area contributed by atoms with Gasteiger partial charge in [-0.25, -0.2) is 4.79 Å². The van der Waals surface area contributed by atoms with Crippen molar-refractivity contribution in [2.45, 2.75) is 24.9 Å². The van der Waals surface area contributed by atoms with Crippen molar-refractivity contribution in [2.24, 2.45) is 10.2 Å². The Morgan fingerprint density at radius 1 is 1.36 bits per heavy atom. The quantitative estimate of drug-likeness (QED) is 0.601. The minimum Gasteiger partial charge on any atom is -0.489 e. The maximum atomic E-state index is 12.0. The molecule has 0 radical (unpaired) electrons. The molecule has 0 aromatic carbocycles. The van der Waals surface area contributed by atoms with Gasteiger partial charge in [0.15, 0.2) is 11.4 Å². The summed E-state index contributed by atoms with van der Waals surface area (Å²) >= 11 is 0. The van der Waals surface area contributed by atoms with Gasteiger partial charge in [-0.05, 0) is 0 Å². The minimum absolute atomic E-state index is 0.224. The highest BCUT2D eigenvalue weighted by molar-refractivity contribution is 5.94. The SMILES string of the molecule is C#CCCC1(CCNC(=O)c2[nH]c(=O)[nH]c(=O)c2OC)N=N1. The molecular formula is C13H15N5O4. The molecule has 1 aliphatic heterocycles. The Balaban J connectivity index is 1.98. The topological polar surface area (TPSA) is 129 Å². The zero-order valence-electron chi connectivity index (χ0n) is 11.9. The number of ether oxygens (including phenoxy) is 1. The van der Waals surface area contributed by atoms with Crippen molar-refractivity contribution < 1.29 is 9.53 Å². The van der Waals surface area contributed by atoms with Gasteiger partial charge in [-0.3, -0.25) is 19.6 Å². The van der Waals surface area contributed by atoms with Crippen molar-refractivity contribution in [3.05, 3.63) is 26.5 Å². The van der Waals surface area contributed by atoms with E-state index in [9.17, 15) is 14.4 Å². The van der Waals surface area contributed by atoms with Crippen molar-refractivity contribution in [2.75, 3.05) is 13.7 Å². The fourth-order valence-electron chi connectivity index (χ4n) is 1.96. The van der Waals surface area contributed by atoms with Crippen molar-refractivity contribution in [3.8, 4) is 18.1 Å². The maximum Gasteiger partial charge on any atom is 0.326 e. The van der Waals surface area contributed by atoms with Gasteiger partial charge in [-0.2, -0.15) is 10.2 Å². The summed E-state index contributed by atoms with van der Waals surface area (Å²) in [6.45, 7) is 0.272. The predicted molar refractivity (Wildman–Crippen MR) is 76.8 cm³/mol. The van der Waals surface area contributed by atoms with E-state index in [4.69, 9.17) is 11.2 Å². The number of aromatic amines is 2. The first-order valence-electron chi connectivity index (χ1n) is 6.57. The molecule has 3 N–H and O–H groups in total. The van der Waals surface area contributed by atoms with Crippen molar-refractivity contribution in [1.82, 2.24) is 15.3 Å². The van der Waals surface area contributed by atoms with Gasteiger partial charge in [0.25, 0.3) is 11.5 Å². The summed E-state index contributed by atoms with van der Waals surface area (Å²) in [5.41, 5.74) is -2.29. The smallest absolute Gasteiger partial charge is 0.326 e. The molecule has 0 atom stereocenters. The summed E-state index contributed by atoms with van der Waals surface area (Å²) in [5, 5.41) is 10.5. The molecule has 0 aliphatic carbocycles. The van der Waals surface area contributed by atoms with E-state index in [1.165, 1.54) is 7.11 Å². The molecule has 0 bridgehead atoms. The van der Waals surface area contributed by atoms with Gasteiger partial charge in [-0.15, -0.1) is 12.3 Å². The second-order valence-electron chi connectivity index (χ2n) is 4.71. The molecule has 2 rings (SSSR count). The number of rotatable bonds is 7. The fraction of sp³-hybridized carbons (Fsp3) is 0.462. The van der Waals surface area contributed by atoms with E-state index in [0.717, 1.165) is 0 Å². The minimum atomic E-state index is -0.784. The van der Waals surface area contributed by atoms with Gasteiger partial charge in [-0.1, -0.05) is 0 Å². The van der Waals surface area contributed by atoms with Crippen LogP contribution in [0.4, 0.5) is 0 Å². The molecule has 9 heteroatoms. The molecule has 1 aliphatic rings. The van der Waals surface area contributed by atoms with Crippen LogP contribution in [0.3, 0.4) is 0 Å². The molecule has 116 valence electrons. The van der Waals surface area contributed by atoms with Crippen LogP contribution in [-0.2, 0) is 0 Å². The van der Waals surface area contributed by atoms with Crippen LogP contribution in [0.1, 0.15) is 29.8 Å². The van der Waals surface area contributed by atoms with E-state index >= 15 is 0 Å². The van der Waals surface area contributed by atoms with Gasteiger partial charge in [0, 0.05) is 25.8 Å². The Hall–Kier alpha value is -2.89. The van der Waals surface area contributed by atoms with Crippen LogP contribution >= 0.6 is 0 Å². The molecule has 0 fully saturated rings. The van der Waals surface area contributed by atoms with Crippen LogP contribution in [0.5, 0.6) is 5.75 Å². The van der Waals surface area contributed by atoms with Crippen LogP contribution in [0.15, 0.2) is 19.8 Å². The lowest BCUT2D eigenvalue weighted by Crippen LogP contribution is -2.34. The van der Waals surface area contributed by atoms with Gasteiger partial charge >= 0.3 is 5.69 Å². The Kier molecular flexibility index (Phi) is 4.41. The average Bonchev–Trinajstić information content (AvgIpc) is 3.24. The zero-order valence-corrected chi connectivity index (χ0v) is 11.9. The highest BCUT2D eigenvalue weighted by Gasteiger charge is 2.38. The molecule has 2 heterocycles. The van der Waals surface area contributed by atoms with E-state index in [1.54, 1.807) is 0 Å². The largest absolute Gasteiger partial charge is 0.489 e. The van der Waals surface area contributed by atoms with Crippen LogP contribution in [-0.4, -0.2) is 35.2 Å². The van der Waals surface area contributed by atoms with Crippen molar-refractivity contribution >= 4 is 5.91 Å². The van der Waals surface area contributed by atoms with Crippen LogP contribution in [0, 0.1) is 12.3 Å². The standard InChI is InChI=1S/C13H15N5O4/c1-3-4-5-13(17-18-13)6-7-14-10(19)8-9(22-2)11(20)16-12(21)15-8/h1H,4-7H2,2H3,(H,14,19)(H2,15,16,20,21). The molecule has 1 aromatic rings. The number of nitrogens with one attached hydrogen (secondary N) is 3. The molecule has 1 aromatic heterocycles. The van der Waals surface area contributed by atoms with E-state index in [1.807, 2.05) is 4.98 Å². The number of H-pyrrole nitrogens is 2. The summed E-state index contributed by atoms with van der Waals surface area (Å²) in [6.07, 6.45) is 6.87. The lowest BCUT2D eigenvalue weighted by molar-refractivity contribution is 0.0942. The summed E-state index contributed by atoms with van der Waals surface area (Å²) in [5.74, 6) is 1.65. The zero-order chi connectivity index (χ0) is 16.2. The summed E-state index contributed by atoms with van der Waals surface area (Å²) in [6, 6.07) is 0. The summed E-state index contributed by atoms with van der Waals surface area (Å²) in [7, 11) is 1.23. The molecule has 0 saturated heterocycles. The Labute approximate surface area is 125 Å². The third-order valence-corrected chi connectivity index (χ3v) is 3.19. The van der Waals surface area contributed by atoms with E-state index in [2.05, 4.69) is 26.4 Å². The molecule has 0 saturated carbocycles. The number of nitrogens with zero attached hydrogens (tertiary/aromatic N) is 2. The normalized spacial score (nSPS) is 14.2. The summed E-state index contributed by atoms with van der Waals surface area (Å²) < 4.78 is 4.83. The van der Waals surface area contributed by atoms with Gasteiger partial charge in [0.2, 0.25) is 5.75 Å². The molecule has 0 spiro atoms. The monoisotopic (exact) mass is 305 g/mol. The molecule has 0 unspecified atom stereocenters. The summed E-state index contributed by atoms with van der Waals surface area (Å²) in [4.78, 5) is 39.0. The van der Waals surface area contributed by atoms with Crippen LogP contribution in [0.2, 0.25) is 0 Å². The molecular weight excluding hydrogens is 290 g/mol. The highest BCUT2D eigenvalue weighted by atomic mass is 16.5. The second kappa shape index (κ2) is 6.26. The Bertz CT molecular complexity index is 749. The Morgan fingerprint density at radius 2 is 2.09 bits per heavy atom. The van der Waals surface area contributed by atoms with Gasteiger partial charge in [0.05, 0.1) is 7.11 Å². The maximum absolute atomic E-state index is 12.0. The first kappa shape index (κ1) is 15.5. The number of carbonyl (C=O) groups excluding carboxylic acids is 1. The van der Waals surface area contributed by atoms with Crippen LogP contribution < -0.4 is 21.3 Å². The lowest BCUT2D eigenvalue weighted by atomic mass is 10.0. The van der Waals surface area contributed by atoms with E-state index < -0.39 is 22.8 Å². The lowest BCUT2D eigenvalue weighted by Gasteiger charge is -2.10. The first-order chi connectivity index (χ1) is 10.5. The van der Waals surface area contributed by atoms with Crippen LogP contribution in [0.25, 0.3) is 0 Å². The van der Waals surface area contributed by atoms with Gasteiger partial charge in [0.1, 0.15) is 0 Å². The molecule has 22 heavy (non-hydrogen) atoms. The molecule has 9 nitrogen and oxygen atoms in total. The van der Waals surface area contributed by atoms with Crippen molar-refractivity contribution in [1.29, 1.82) is 0 Å². The third-order valence-electron chi connectivity index (χ3n) is 3.19. The van der Waals surface area contributed by atoms with Gasteiger partial charge < -0.3 is 10.1 Å². The fourth-order valence-corrected chi connectivity index (χ4v) is 1.96. The van der Waals surface area contributed by atoms with Crippen molar-refractivity contribution in [3.63, 3.8) is 0 Å². The number of aromatic nitrogens is 2. The first-order valence-corrected chi connectivity index (χ1v) is 6.57. The second-order valence-corrected chi connectivity index (χ2v) is 4.71. The number of terminal acetylenes is 1. The third kappa shape index (κ3) is 3.41. The number of amides is 1. The highest BCUT2D eigenvalue weighted by Crippen LogP contribution is 2.36. The number of carbonyl (C=O) groups is 1. The predicted octanol–water partition coefficient (Wildman–Crippen LogP) is -0.233. The van der Waals surface area contributed by atoms with E-state index in [0.29, 0.717) is 19.3 Å².